The van der Waals surface area contributed by atoms with Crippen molar-refractivity contribution < 1.29 is 17.9 Å². The number of anilines is 1. The van der Waals surface area contributed by atoms with E-state index in [4.69, 9.17) is 4.74 Å². The van der Waals surface area contributed by atoms with Crippen LogP contribution in [0.15, 0.2) is 47.4 Å². The quantitative estimate of drug-likeness (QED) is 0.907. The number of nitrogens with one attached hydrogen (secondary N) is 1. The molecule has 1 amide bonds. The van der Waals surface area contributed by atoms with Crippen molar-refractivity contribution in [3.8, 4) is 5.75 Å². The summed E-state index contributed by atoms with van der Waals surface area (Å²) >= 11 is 0. The maximum Gasteiger partial charge on any atom is 0.258 e. The number of hydrogen-bond donors (Lipinski definition) is 1. The van der Waals surface area contributed by atoms with E-state index in [1.54, 1.807) is 11.0 Å². The van der Waals surface area contributed by atoms with Gasteiger partial charge in [0.15, 0.2) is 0 Å². The first kappa shape index (κ1) is 17.4. The van der Waals surface area contributed by atoms with Crippen molar-refractivity contribution >= 4 is 21.6 Å². The number of sulfonamides is 1. The number of ether oxygens (including phenoxy) is 1. The number of methoxy groups -OCH3 is 1. The Balaban J connectivity index is 2.06. The third kappa shape index (κ3) is 3.01. The lowest BCUT2D eigenvalue weighted by atomic mass is 10.1. The van der Waals surface area contributed by atoms with Gasteiger partial charge in [-0.25, -0.2) is 13.1 Å². The van der Waals surface area contributed by atoms with Crippen LogP contribution in [0.5, 0.6) is 5.75 Å². The monoisotopic (exact) mass is 360 g/mol. The summed E-state index contributed by atoms with van der Waals surface area (Å²) in [5, 5.41) is 0. The number of rotatable bonds is 4. The van der Waals surface area contributed by atoms with Gasteiger partial charge >= 0.3 is 0 Å². The van der Waals surface area contributed by atoms with Gasteiger partial charge in [0.25, 0.3) is 5.91 Å². The first-order chi connectivity index (χ1) is 11.9. The molecule has 0 unspecified atom stereocenters. The van der Waals surface area contributed by atoms with Crippen molar-refractivity contribution in [1.29, 1.82) is 0 Å². The summed E-state index contributed by atoms with van der Waals surface area (Å²) in [6.07, 6.45) is 0.778. The van der Waals surface area contributed by atoms with Gasteiger partial charge in [0.2, 0.25) is 10.0 Å². The normalized spacial score (nSPS) is 16.6. The van der Waals surface area contributed by atoms with Gasteiger partial charge < -0.3 is 9.64 Å². The fraction of sp³-hybridized carbons (Fsp3) is 0.278. The third-order valence-corrected chi connectivity index (χ3v) is 5.83. The minimum atomic E-state index is -3.74. The van der Waals surface area contributed by atoms with E-state index in [1.165, 1.54) is 26.3 Å². The molecule has 25 heavy (non-hydrogen) atoms. The molecule has 0 spiro atoms. The molecular weight excluding hydrogens is 340 g/mol. The van der Waals surface area contributed by atoms with Crippen LogP contribution in [0, 0.1) is 0 Å². The predicted octanol–water partition coefficient (Wildman–Crippen LogP) is 2.19. The topological polar surface area (TPSA) is 75.7 Å². The van der Waals surface area contributed by atoms with E-state index in [2.05, 4.69) is 4.72 Å². The van der Waals surface area contributed by atoms with Gasteiger partial charge in [-0.05, 0) is 50.2 Å². The summed E-state index contributed by atoms with van der Waals surface area (Å²) in [7, 11) is -1.03. The SMILES string of the molecule is CNS(=O)(=O)c1cc(C(=O)N2c3ccccc3C[C@H]2C)ccc1OC. The van der Waals surface area contributed by atoms with Gasteiger partial charge in [-0.15, -0.1) is 0 Å². The third-order valence-electron chi connectivity index (χ3n) is 4.39. The lowest BCUT2D eigenvalue weighted by Gasteiger charge is -2.23. The Morgan fingerprint density at radius 1 is 1.24 bits per heavy atom. The molecule has 0 aliphatic carbocycles. The number of hydrogen-bond acceptors (Lipinski definition) is 4. The van der Waals surface area contributed by atoms with E-state index in [9.17, 15) is 13.2 Å². The van der Waals surface area contributed by atoms with Gasteiger partial charge in [-0.1, -0.05) is 18.2 Å². The maximum atomic E-state index is 13.1. The van der Waals surface area contributed by atoms with E-state index >= 15 is 0 Å². The number of benzene rings is 2. The molecule has 1 heterocycles. The second kappa shape index (κ2) is 6.50. The molecule has 0 radical (unpaired) electrons. The summed E-state index contributed by atoms with van der Waals surface area (Å²) in [5.41, 5.74) is 2.28. The van der Waals surface area contributed by atoms with Crippen molar-refractivity contribution in [1.82, 2.24) is 4.72 Å². The summed E-state index contributed by atoms with van der Waals surface area (Å²) in [6, 6.07) is 12.2. The Morgan fingerprint density at radius 2 is 1.96 bits per heavy atom. The van der Waals surface area contributed by atoms with Crippen molar-refractivity contribution in [2.45, 2.75) is 24.3 Å². The summed E-state index contributed by atoms with van der Waals surface area (Å²) < 4.78 is 31.8. The van der Waals surface area contributed by atoms with E-state index < -0.39 is 10.0 Å². The minimum Gasteiger partial charge on any atom is -0.495 e. The largest absolute Gasteiger partial charge is 0.495 e. The number of para-hydroxylation sites is 1. The lowest BCUT2D eigenvalue weighted by Crippen LogP contribution is -2.35. The number of fused-ring (bicyclic) bond motifs is 1. The van der Waals surface area contributed by atoms with Crippen molar-refractivity contribution in [2.24, 2.45) is 0 Å². The molecular formula is C18H20N2O4S. The molecule has 0 fully saturated rings. The molecule has 132 valence electrons. The molecule has 1 aliphatic rings. The highest BCUT2D eigenvalue weighted by atomic mass is 32.2. The first-order valence-electron chi connectivity index (χ1n) is 7.92. The van der Waals surface area contributed by atoms with Crippen LogP contribution in [0.2, 0.25) is 0 Å². The number of amides is 1. The fourth-order valence-corrected chi connectivity index (χ4v) is 4.06. The van der Waals surface area contributed by atoms with Crippen molar-refractivity contribution in [3.05, 3.63) is 53.6 Å². The zero-order valence-electron chi connectivity index (χ0n) is 14.3. The van der Waals surface area contributed by atoms with Crippen molar-refractivity contribution in [3.63, 3.8) is 0 Å². The van der Waals surface area contributed by atoms with Crippen LogP contribution in [0.3, 0.4) is 0 Å². The molecule has 0 bridgehead atoms. The molecule has 6 nitrogen and oxygen atoms in total. The predicted molar refractivity (Wildman–Crippen MR) is 95.7 cm³/mol. The second-order valence-electron chi connectivity index (χ2n) is 5.93. The molecule has 3 rings (SSSR count). The Hall–Kier alpha value is -2.38. The Labute approximate surface area is 147 Å². The molecule has 1 atom stereocenters. The molecule has 1 N–H and O–H groups in total. The lowest BCUT2D eigenvalue weighted by molar-refractivity contribution is 0.0981. The van der Waals surface area contributed by atoms with E-state index in [0.29, 0.717) is 5.56 Å². The molecule has 2 aromatic rings. The van der Waals surface area contributed by atoms with Crippen LogP contribution in [0.4, 0.5) is 5.69 Å². The maximum absolute atomic E-state index is 13.1. The highest BCUT2D eigenvalue weighted by Gasteiger charge is 2.32. The molecule has 0 saturated heterocycles. The van der Waals surface area contributed by atoms with Crippen LogP contribution in [0.25, 0.3) is 0 Å². The first-order valence-corrected chi connectivity index (χ1v) is 9.40. The highest BCUT2D eigenvalue weighted by Crippen LogP contribution is 2.34. The molecule has 0 aromatic heterocycles. The van der Waals surface area contributed by atoms with E-state index in [0.717, 1.165) is 17.7 Å². The second-order valence-corrected chi connectivity index (χ2v) is 7.79. The number of nitrogens with zero attached hydrogens (tertiary/aromatic N) is 1. The smallest absolute Gasteiger partial charge is 0.258 e. The Kier molecular flexibility index (Phi) is 4.53. The standard InChI is InChI=1S/C18H20N2O4S/c1-12-10-13-6-4-5-7-15(13)20(12)18(21)14-8-9-16(24-3)17(11-14)25(22,23)19-2/h4-9,11-12,19H,10H2,1-3H3/t12-/m1/s1. The molecule has 0 saturated carbocycles. The molecule has 1 aliphatic heterocycles. The zero-order chi connectivity index (χ0) is 18.2. The van der Waals surface area contributed by atoms with Gasteiger partial charge in [-0.3, -0.25) is 4.79 Å². The summed E-state index contributed by atoms with van der Waals surface area (Å²) in [5.74, 6) is -0.0339. The molecule has 2 aromatic carbocycles. The number of carbonyl (C=O) groups excluding carboxylic acids is 1. The van der Waals surface area contributed by atoms with Crippen LogP contribution in [-0.4, -0.2) is 34.5 Å². The van der Waals surface area contributed by atoms with Gasteiger partial charge in [0.05, 0.1) is 7.11 Å². The Morgan fingerprint density at radius 3 is 2.64 bits per heavy atom. The summed E-state index contributed by atoms with van der Waals surface area (Å²) in [6.45, 7) is 1.98. The van der Waals surface area contributed by atoms with Crippen LogP contribution in [-0.2, 0) is 16.4 Å². The highest BCUT2D eigenvalue weighted by molar-refractivity contribution is 7.89. The van der Waals surface area contributed by atoms with Gasteiger partial charge in [-0.2, -0.15) is 0 Å². The Bertz CT molecular complexity index is 924. The van der Waals surface area contributed by atoms with Crippen molar-refractivity contribution in [2.75, 3.05) is 19.1 Å². The fourth-order valence-electron chi connectivity index (χ4n) is 3.14. The van der Waals surface area contributed by atoms with Gasteiger partial charge in [0, 0.05) is 17.3 Å². The zero-order valence-corrected chi connectivity index (χ0v) is 15.1. The average Bonchev–Trinajstić information content (AvgIpc) is 2.96. The van der Waals surface area contributed by atoms with E-state index in [-0.39, 0.29) is 22.6 Å². The van der Waals surface area contributed by atoms with Crippen LogP contribution in [0.1, 0.15) is 22.8 Å². The molecule has 7 heteroatoms. The number of carbonyl (C=O) groups is 1. The summed E-state index contributed by atoms with van der Waals surface area (Å²) in [4.78, 5) is 14.7. The average molecular weight is 360 g/mol. The van der Waals surface area contributed by atoms with Crippen LogP contribution < -0.4 is 14.4 Å². The van der Waals surface area contributed by atoms with Crippen LogP contribution >= 0.6 is 0 Å². The van der Waals surface area contributed by atoms with Gasteiger partial charge in [0.1, 0.15) is 10.6 Å². The minimum absolute atomic E-state index is 0.0105. The van der Waals surface area contributed by atoms with E-state index in [1.807, 2.05) is 31.2 Å².